The van der Waals surface area contributed by atoms with Gasteiger partial charge in [-0.15, -0.1) is 0 Å². The molecule has 0 aliphatic carbocycles. The van der Waals surface area contributed by atoms with Gasteiger partial charge in [-0.3, -0.25) is 9.59 Å². The summed E-state index contributed by atoms with van der Waals surface area (Å²) in [7, 11) is 1.57. The standard InChI is InChI=1S/C21H19Cl2NO4/c1-28-11-3-10-24-18(14-4-2-5-16(23)12-14)17(20(26)21(24)27)19(25)13-6-8-15(22)9-7-13/h2,4-9,12,18,25H,3,10-11H2,1H3/t18-/m0/s1. The van der Waals surface area contributed by atoms with Crippen molar-refractivity contribution in [2.45, 2.75) is 12.5 Å². The molecule has 5 nitrogen and oxygen atoms in total. The average Bonchev–Trinajstić information content (AvgIpc) is 2.93. The minimum Gasteiger partial charge on any atom is -0.507 e. The van der Waals surface area contributed by atoms with Gasteiger partial charge in [-0.1, -0.05) is 35.3 Å². The summed E-state index contributed by atoms with van der Waals surface area (Å²) in [6.07, 6.45) is 0.557. The number of benzene rings is 2. The highest BCUT2D eigenvalue weighted by Gasteiger charge is 2.45. The number of Topliss-reactive ketones (excluding diaryl/α,β-unsaturated/α-hetero) is 1. The number of nitrogens with zero attached hydrogens (tertiary/aromatic N) is 1. The van der Waals surface area contributed by atoms with Crippen LogP contribution in [0.2, 0.25) is 10.0 Å². The predicted molar refractivity (Wildman–Crippen MR) is 108 cm³/mol. The first-order chi connectivity index (χ1) is 13.4. The lowest BCUT2D eigenvalue weighted by Gasteiger charge is -2.25. The van der Waals surface area contributed by atoms with Crippen LogP contribution in [0.5, 0.6) is 0 Å². The molecular weight excluding hydrogens is 401 g/mol. The molecule has 0 aromatic heterocycles. The van der Waals surface area contributed by atoms with E-state index in [1.807, 2.05) is 0 Å². The highest BCUT2D eigenvalue weighted by Crippen LogP contribution is 2.40. The van der Waals surface area contributed by atoms with Crippen molar-refractivity contribution in [3.8, 4) is 0 Å². The third kappa shape index (κ3) is 4.07. The zero-order valence-electron chi connectivity index (χ0n) is 15.2. The molecule has 2 aromatic carbocycles. The van der Waals surface area contributed by atoms with Crippen LogP contribution < -0.4 is 0 Å². The summed E-state index contributed by atoms with van der Waals surface area (Å²) >= 11 is 12.0. The molecule has 0 unspecified atom stereocenters. The maximum absolute atomic E-state index is 12.8. The first-order valence-corrected chi connectivity index (χ1v) is 9.48. The Hall–Kier alpha value is -2.34. The largest absolute Gasteiger partial charge is 0.507 e. The Morgan fingerprint density at radius 1 is 1.11 bits per heavy atom. The van der Waals surface area contributed by atoms with Crippen LogP contribution in [0.3, 0.4) is 0 Å². The zero-order chi connectivity index (χ0) is 20.3. The molecule has 2 aromatic rings. The quantitative estimate of drug-likeness (QED) is 0.325. The number of aliphatic hydroxyl groups is 1. The van der Waals surface area contributed by atoms with Crippen LogP contribution in [0, 0.1) is 0 Å². The predicted octanol–water partition coefficient (Wildman–Crippen LogP) is 4.45. The Labute approximate surface area is 173 Å². The Morgan fingerprint density at radius 3 is 2.46 bits per heavy atom. The second kappa shape index (κ2) is 8.78. The summed E-state index contributed by atoms with van der Waals surface area (Å²) < 4.78 is 5.06. The van der Waals surface area contributed by atoms with Gasteiger partial charge in [-0.25, -0.2) is 0 Å². The van der Waals surface area contributed by atoms with E-state index in [1.165, 1.54) is 4.90 Å². The van der Waals surface area contributed by atoms with Crippen LogP contribution in [0.25, 0.3) is 5.76 Å². The van der Waals surface area contributed by atoms with Crippen molar-refractivity contribution in [1.29, 1.82) is 0 Å². The van der Waals surface area contributed by atoms with Gasteiger partial charge in [-0.05, 0) is 48.4 Å². The van der Waals surface area contributed by atoms with E-state index in [-0.39, 0.29) is 11.3 Å². The number of methoxy groups -OCH3 is 1. The Morgan fingerprint density at radius 2 is 1.82 bits per heavy atom. The fraction of sp³-hybridized carbons (Fsp3) is 0.238. The van der Waals surface area contributed by atoms with Gasteiger partial charge >= 0.3 is 0 Å². The summed E-state index contributed by atoms with van der Waals surface area (Å²) in [6, 6.07) is 12.6. The van der Waals surface area contributed by atoms with Crippen LogP contribution in [0.1, 0.15) is 23.6 Å². The zero-order valence-corrected chi connectivity index (χ0v) is 16.7. The van der Waals surface area contributed by atoms with E-state index in [0.29, 0.717) is 40.7 Å². The number of hydrogen-bond donors (Lipinski definition) is 1. The number of hydrogen-bond acceptors (Lipinski definition) is 4. The third-order valence-corrected chi connectivity index (χ3v) is 5.06. The number of ether oxygens (including phenoxy) is 1. The smallest absolute Gasteiger partial charge is 0.295 e. The van der Waals surface area contributed by atoms with Crippen LogP contribution in [-0.4, -0.2) is 42.0 Å². The Kier molecular flexibility index (Phi) is 6.39. The lowest BCUT2D eigenvalue weighted by Crippen LogP contribution is -2.31. The SMILES string of the molecule is COCCCN1C(=O)C(=O)C(=C(O)c2ccc(Cl)cc2)[C@@H]1c1cccc(Cl)c1. The average molecular weight is 420 g/mol. The molecule has 146 valence electrons. The van der Waals surface area contributed by atoms with Crippen molar-refractivity contribution < 1.29 is 19.4 Å². The molecule has 1 saturated heterocycles. The number of likely N-dealkylation sites (tertiary alicyclic amines) is 1. The molecule has 7 heteroatoms. The molecule has 1 amide bonds. The van der Waals surface area contributed by atoms with E-state index in [4.69, 9.17) is 27.9 Å². The molecule has 1 fully saturated rings. The third-order valence-electron chi connectivity index (χ3n) is 4.57. The van der Waals surface area contributed by atoms with E-state index in [9.17, 15) is 14.7 Å². The Balaban J connectivity index is 2.12. The van der Waals surface area contributed by atoms with Gasteiger partial charge in [0.25, 0.3) is 11.7 Å². The van der Waals surface area contributed by atoms with Gasteiger partial charge in [-0.2, -0.15) is 0 Å². The van der Waals surface area contributed by atoms with Gasteiger partial charge in [0.05, 0.1) is 11.6 Å². The normalized spacial score (nSPS) is 18.7. The van der Waals surface area contributed by atoms with Crippen LogP contribution in [-0.2, 0) is 14.3 Å². The maximum atomic E-state index is 12.8. The van der Waals surface area contributed by atoms with Crippen molar-refractivity contribution in [3.63, 3.8) is 0 Å². The summed E-state index contributed by atoms with van der Waals surface area (Å²) in [4.78, 5) is 27.0. The summed E-state index contributed by atoms with van der Waals surface area (Å²) in [5.74, 6) is -1.62. The lowest BCUT2D eigenvalue weighted by molar-refractivity contribution is -0.140. The number of rotatable bonds is 6. The van der Waals surface area contributed by atoms with Crippen molar-refractivity contribution >= 4 is 40.7 Å². The van der Waals surface area contributed by atoms with E-state index in [2.05, 4.69) is 0 Å². The van der Waals surface area contributed by atoms with Crippen molar-refractivity contribution in [1.82, 2.24) is 4.90 Å². The van der Waals surface area contributed by atoms with Gasteiger partial charge in [0.2, 0.25) is 0 Å². The first-order valence-electron chi connectivity index (χ1n) is 8.72. The van der Waals surface area contributed by atoms with E-state index < -0.39 is 17.7 Å². The van der Waals surface area contributed by atoms with Crippen molar-refractivity contribution in [2.75, 3.05) is 20.3 Å². The second-order valence-corrected chi connectivity index (χ2v) is 7.27. The monoisotopic (exact) mass is 419 g/mol. The molecule has 1 aliphatic rings. The van der Waals surface area contributed by atoms with Gasteiger partial charge in [0, 0.05) is 35.9 Å². The summed E-state index contributed by atoms with van der Waals surface area (Å²) in [5, 5.41) is 11.8. The molecule has 0 bridgehead atoms. The molecule has 3 rings (SSSR count). The van der Waals surface area contributed by atoms with Gasteiger partial charge in [0.15, 0.2) is 0 Å². The van der Waals surface area contributed by atoms with E-state index >= 15 is 0 Å². The van der Waals surface area contributed by atoms with E-state index in [1.54, 1.807) is 55.6 Å². The Bertz CT molecular complexity index is 924. The number of carbonyl (C=O) groups is 2. The molecule has 28 heavy (non-hydrogen) atoms. The highest BCUT2D eigenvalue weighted by atomic mass is 35.5. The molecule has 0 saturated carbocycles. The lowest BCUT2D eigenvalue weighted by atomic mass is 9.95. The summed E-state index contributed by atoms with van der Waals surface area (Å²) in [6.45, 7) is 0.759. The topological polar surface area (TPSA) is 66.8 Å². The molecule has 1 N–H and O–H groups in total. The first kappa shape index (κ1) is 20.4. The maximum Gasteiger partial charge on any atom is 0.295 e. The van der Waals surface area contributed by atoms with Gasteiger partial charge in [0.1, 0.15) is 5.76 Å². The number of halogens is 2. The van der Waals surface area contributed by atoms with Crippen LogP contribution >= 0.6 is 23.2 Å². The number of ketones is 1. The fourth-order valence-electron chi connectivity index (χ4n) is 3.28. The fourth-order valence-corrected chi connectivity index (χ4v) is 3.60. The number of amides is 1. The molecular formula is C21H19Cl2NO4. The van der Waals surface area contributed by atoms with Gasteiger partial charge < -0.3 is 14.7 Å². The molecule has 1 aliphatic heterocycles. The molecule has 1 atom stereocenters. The highest BCUT2D eigenvalue weighted by molar-refractivity contribution is 6.46. The van der Waals surface area contributed by atoms with Crippen molar-refractivity contribution in [3.05, 3.63) is 75.3 Å². The second-order valence-electron chi connectivity index (χ2n) is 6.40. The molecule has 0 spiro atoms. The van der Waals surface area contributed by atoms with Crippen LogP contribution in [0.4, 0.5) is 0 Å². The van der Waals surface area contributed by atoms with Crippen LogP contribution in [0.15, 0.2) is 54.1 Å². The summed E-state index contributed by atoms with van der Waals surface area (Å²) in [5.41, 5.74) is 1.10. The molecule has 1 heterocycles. The minimum atomic E-state index is -0.730. The van der Waals surface area contributed by atoms with Crippen molar-refractivity contribution in [2.24, 2.45) is 0 Å². The molecule has 0 radical (unpaired) electrons. The van der Waals surface area contributed by atoms with E-state index in [0.717, 1.165) is 0 Å². The number of aliphatic hydroxyl groups excluding tert-OH is 1. The minimum absolute atomic E-state index is 0.0343. The number of carbonyl (C=O) groups excluding carboxylic acids is 2.